The van der Waals surface area contributed by atoms with Crippen LogP contribution in [0.15, 0.2) is 0 Å². The lowest BCUT2D eigenvalue weighted by Crippen LogP contribution is -2.48. The monoisotopic (exact) mass is 185 g/mol. The molecule has 0 N–H and O–H groups in total. The normalized spacial score (nSPS) is 21.2. The Morgan fingerprint density at radius 2 is 1.54 bits per heavy atom. The third kappa shape index (κ3) is 4.07. The van der Waals surface area contributed by atoms with Crippen LogP contribution in [0.2, 0.25) is 0 Å². The molecule has 0 spiro atoms. The topological polar surface area (TPSA) is 9.72 Å². The van der Waals surface area contributed by atoms with E-state index in [2.05, 4.69) is 35.7 Å². The molecule has 1 aliphatic rings. The van der Waals surface area contributed by atoms with E-state index in [1.54, 1.807) is 0 Å². The van der Waals surface area contributed by atoms with Gasteiger partial charge in [0.25, 0.3) is 0 Å². The molecule has 0 aromatic carbocycles. The van der Waals surface area contributed by atoms with Crippen molar-refractivity contribution in [1.82, 2.24) is 14.7 Å². The van der Waals surface area contributed by atoms with E-state index in [0.717, 1.165) is 6.67 Å². The summed E-state index contributed by atoms with van der Waals surface area (Å²) in [5.41, 5.74) is 0. The molecule has 0 radical (unpaired) electrons. The first kappa shape index (κ1) is 11.0. The van der Waals surface area contributed by atoms with E-state index in [1.807, 2.05) is 0 Å². The predicted molar refractivity (Wildman–Crippen MR) is 56.9 cm³/mol. The second-order valence-electron chi connectivity index (χ2n) is 4.18. The second-order valence-corrected chi connectivity index (χ2v) is 4.18. The van der Waals surface area contributed by atoms with Gasteiger partial charge in [0.2, 0.25) is 0 Å². The Hall–Kier alpha value is -0.120. The fraction of sp³-hybridized carbons (Fsp3) is 1.00. The van der Waals surface area contributed by atoms with Crippen LogP contribution in [0.25, 0.3) is 0 Å². The van der Waals surface area contributed by atoms with Crippen molar-refractivity contribution in [2.45, 2.75) is 13.3 Å². The summed E-state index contributed by atoms with van der Waals surface area (Å²) in [6, 6.07) is 0. The van der Waals surface area contributed by atoms with Crippen LogP contribution in [0.1, 0.15) is 13.3 Å². The Bertz CT molecular complexity index is 128. The van der Waals surface area contributed by atoms with E-state index in [0.29, 0.717) is 0 Å². The Labute approximate surface area is 82.3 Å². The highest BCUT2D eigenvalue weighted by Crippen LogP contribution is 2.02. The van der Waals surface area contributed by atoms with Crippen LogP contribution in [-0.4, -0.2) is 68.2 Å². The van der Waals surface area contributed by atoms with Gasteiger partial charge < -0.3 is 4.90 Å². The first-order valence-electron chi connectivity index (χ1n) is 5.32. The molecule has 0 atom stereocenters. The lowest BCUT2D eigenvalue weighted by Gasteiger charge is -2.35. The zero-order valence-corrected chi connectivity index (χ0v) is 9.29. The predicted octanol–water partition coefficient (Wildman–Crippen LogP) is 0.533. The molecule has 0 aliphatic carbocycles. The molecular formula is C10H23N3. The Balaban J connectivity index is 2.15. The van der Waals surface area contributed by atoms with Crippen molar-refractivity contribution in [3.63, 3.8) is 0 Å². The van der Waals surface area contributed by atoms with Crippen molar-refractivity contribution in [1.29, 1.82) is 0 Å². The van der Waals surface area contributed by atoms with Gasteiger partial charge in [0, 0.05) is 26.2 Å². The van der Waals surface area contributed by atoms with E-state index >= 15 is 0 Å². The zero-order valence-electron chi connectivity index (χ0n) is 9.29. The average Bonchev–Trinajstić information content (AvgIpc) is 2.08. The van der Waals surface area contributed by atoms with Gasteiger partial charge >= 0.3 is 0 Å². The molecule has 3 heteroatoms. The minimum atomic E-state index is 1.11. The number of hydrogen-bond donors (Lipinski definition) is 0. The molecule has 13 heavy (non-hydrogen) atoms. The molecule has 1 saturated heterocycles. The van der Waals surface area contributed by atoms with Crippen LogP contribution < -0.4 is 0 Å². The average molecular weight is 185 g/mol. The maximum absolute atomic E-state index is 2.56. The van der Waals surface area contributed by atoms with E-state index in [-0.39, 0.29) is 0 Å². The summed E-state index contributed by atoms with van der Waals surface area (Å²) in [5, 5.41) is 0. The van der Waals surface area contributed by atoms with E-state index in [4.69, 9.17) is 0 Å². The third-order valence-electron chi connectivity index (χ3n) is 2.49. The van der Waals surface area contributed by atoms with Gasteiger partial charge in [-0.1, -0.05) is 6.92 Å². The largest absolute Gasteiger partial charge is 0.301 e. The maximum atomic E-state index is 2.56. The molecule has 0 amide bonds. The van der Waals surface area contributed by atoms with Gasteiger partial charge in [-0.2, -0.15) is 0 Å². The van der Waals surface area contributed by atoms with Crippen LogP contribution in [-0.2, 0) is 0 Å². The van der Waals surface area contributed by atoms with E-state index in [9.17, 15) is 0 Å². The molecule has 1 heterocycles. The summed E-state index contributed by atoms with van der Waals surface area (Å²) in [6.45, 7) is 9.61. The fourth-order valence-corrected chi connectivity index (χ4v) is 1.87. The first-order chi connectivity index (χ1) is 6.22. The van der Waals surface area contributed by atoms with Crippen LogP contribution in [0, 0.1) is 0 Å². The quantitative estimate of drug-likeness (QED) is 0.633. The number of rotatable bonds is 4. The molecule has 1 aliphatic heterocycles. The van der Waals surface area contributed by atoms with Crippen LogP contribution in [0.5, 0.6) is 0 Å². The van der Waals surface area contributed by atoms with Crippen molar-refractivity contribution in [2.24, 2.45) is 0 Å². The summed E-state index contributed by atoms with van der Waals surface area (Å²) in [4.78, 5) is 7.33. The van der Waals surface area contributed by atoms with Crippen LogP contribution in [0.3, 0.4) is 0 Å². The van der Waals surface area contributed by atoms with Gasteiger partial charge in [-0.05, 0) is 27.1 Å². The summed E-state index contributed by atoms with van der Waals surface area (Å²) >= 11 is 0. The minimum absolute atomic E-state index is 1.11. The van der Waals surface area contributed by atoms with Crippen molar-refractivity contribution >= 4 is 0 Å². The highest BCUT2D eigenvalue weighted by molar-refractivity contribution is 4.70. The molecule has 0 aromatic rings. The lowest BCUT2D eigenvalue weighted by molar-refractivity contribution is 0.0941. The molecule has 0 bridgehead atoms. The van der Waals surface area contributed by atoms with Crippen molar-refractivity contribution < 1.29 is 0 Å². The molecule has 0 aromatic heterocycles. The van der Waals surface area contributed by atoms with Gasteiger partial charge in [-0.15, -0.1) is 0 Å². The number of hydrogen-bond acceptors (Lipinski definition) is 3. The summed E-state index contributed by atoms with van der Waals surface area (Å²) in [7, 11) is 4.27. The van der Waals surface area contributed by atoms with Crippen LogP contribution >= 0.6 is 0 Å². The maximum Gasteiger partial charge on any atom is 0.0501 e. The summed E-state index contributed by atoms with van der Waals surface area (Å²) in [5.74, 6) is 0. The smallest absolute Gasteiger partial charge is 0.0501 e. The Kier molecular flexibility index (Phi) is 4.70. The van der Waals surface area contributed by atoms with Crippen molar-refractivity contribution in [3.05, 3.63) is 0 Å². The molecule has 0 saturated carbocycles. The summed E-state index contributed by atoms with van der Waals surface area (Å²) < 4.78 is 0. The van der Waals surface area contributed by atoms with Gasteiger partial charge in [0.05, 0.1) is 6.67 Å². The minimum Gasteiger partial charge on any atom is -0.301 e. The van der Waals surface area contributed by atoms with E-state index < -0.39 is 0 Å². The van der Waals surface area contributed by atoms with Crippen molar-refractivity contribution in [2.75, 3.05) is 53.5 Å². The Morgan fingerprint density at radius 3 is 2.00 bits per heavy atom. The number of nitrogens with zero attached hydrogens (tertiary/aromatic N) is 3. The molecule has 1 fully saturated rings. The fourth-order valence-electron chi connectivity index (χ4n) is 1.87. The SMILES string of the molecule is CCCN1CCN(CN(C)C)CC1. The van der Waals surface area contributed by atoms with Crippen molar-refractivity contribution in [3.8, 4) is 0 Å². The molecule has 78 valence electrons. The lowest BCUT2D eigenvalue weighted by atomic mass is 10.3. The highest BCUT2D eigenvalue weighted by atomic mass is 15.3. The van der Waals surface area contributed by atoms with E-state index in [1.165, 1.54) is 39.1 Å². The third-order valence-corrected chi connectivity index (χ3v) is 2.49. The number of piperazine rings is 1. The van der Waals surface area contributed by atoms with Gasteiger partial charge in [0.15, 0.2) is 0 Å². The molecule has 3 nitrogen and oxygen atoms in total. The Morgan fingerprint density at radius 1 is 1.00 bits per heavy atom. The highest BCUT2D eigenvalue weighted by Gasteiger charge is 2.15. The zero-order chi connectivity index (χ0) is 9.68. The molecular weight excluding hydrogens is 162 g/mol. The van der Waals surface area contributed by atoms with Gasteiger partial charge in [-0.25, -0.2) is 0 Å². The second kappa shape index (κ2) is 5.58. The molecule has 1 rings (SSSR count). The van der Waals surface area contributed by atoms with Gasteiger partial charge in [0.1, 0.15) is 0 Å². The van der Waals surface area contributed by atoms with Crippen LogP contribution in [0.4, 0.5) is 0 Å². The summed E-state index contributed by atoms with van der Waals surface area (Å²) in [6.07, 6.45) is 1.29. The van der Waals surface area contributed by atoms with Gasteiger partial charge in [-0.3, -0.25) is 9.80 Å². The molecule has 0 unspecified atom stereocenters. The standard InChI is InChI=1S/C10H23N3/c1-4-5-12-6-8-13(9-7-12)10-11(2)3/h4-10H2,1-3H3. The first-order valence-corrected chi connectivity index (χ1v) is 5.32.